The predicted molar refractivity (Wildman–Crippen MR) is 77.5 cm³/mol. The molecule has 1 saturated heterocycles. The molecule has 4 heteroatoms. The molecule has 1 aliphatic carbocycles. The van der Waals surface area contributed by atoms with Gasteiger partial charge in [0.15, 0.2) is 0 Å². The molecule has 1 saturated carbocycles. The van der Waals surface area contributed by atoms with E-state index in [0.717, 1.165) is 19.1 Å². The third-order valence-corrected chi connectivity index (χ3v) is 4.62. The van der Waals surface area contributed by atoms with Crippen molar-refractivity contribution < 1.29 is 14.3 Å². The van der Waals surface area contributed by atoms with E-state index in [1.54, 1.807) is 4.90 Å². The monoisotopic (exact) mass is 281 g/mol. The van der Waals surface area contributed by atoms with Crippen molar-refractivity contribution in [3.8, 4) is 0 Å². The molecule has 2 rings (SSSR count). The maximum Gasteiger partial charge on any atom is 0.410 e. The number of piperidine rings is 1. The summed E-state index contributed by atoms with van der Waals surface area (Å²) in [5.74, 6) is 0. The Morgan fingerprint density at radius 2 is 1.85 bits per heavy atom. The minimum atomic E-state index is -0.509. The summed E-state index contributed by atoms with van der Waals surface area (Å²) in [6.45, 7) is 6.21. The molecular weight excluding hydrogens is 254 g/mol. The highest BCUT2D eigenvalue weighted by Crippen LogP contribution is 2.46. The van der Waals surface area contributed by atoms with E-state index in [9.17, 15) is 9.59 Å². The summed E-state index contributed by atoms with van der Waals surface area (Å²) in [4.78, 5) is 25.2. The molecule has 1 spiro atoms. The lowest BCUT2D eigenvalue weighted by molar-refractivity contribution is -0.116. The quantitative estimate of drug-likeness (QED) is 0.691. The molecule has 114 valence electrons. The molecular formula is C16H27NO3. The predicted octanol–water partition coefficient (Wildman–Crippen LogP) is 3.54. The van der Waals surface area contributed by atoms with Crippen LogP contribution in [0.3, 0.4) is 0 Å². The largest absolute Gasteiger partial charge is 0.444 e. The molecule has 1 aliphatic heterocycles. The molecule has 0 bridgehead atoms. The van der Waals surface area contributed by atoms with Gasteiger partial charge < -0.3 is 9.53 Å². The Kier molecular flexibility index (Phi) is 4.40. The third kappa shape index (κ3) is 3.53. The van der Waals surface area contributed by atoms with Crippen LogP contribution in [0.5, 0.6) is 0 Å². The van der Waals surface area contributed by atoms with E-state index in [1.807, 2.05) is 20.8 Å². The van der Waals surface area contributed by atoms with Gasteiger partial charge in [0.2, 0.25) is 0 Å². The lowest BCUT2D eigenvalue weighted by Gasteiger charge is -2.47. The van der Waals surface area contributed by atoms with Gasteiger partial charge in [-0.1, -0.05) is 19.3 Å². The topological polar surface area (TPSA) is 46.6 Å². The molecule has 1 unspecified atom stereocenters. The number of hydrogen-bond acceptors (Lipinski definition) is 3. The zero-order chi connectivity index (χ0) is 14.8. The molecule has 4 nitrogen and oxygen atoms in total. The van der Waals surface area contributed by atoms with Crippen LogP contribution in [-0.4, -0.2) is 35.5 Å². The zero-order valence-corrected chi connectivity index (χ0v) is 13.0. The van der Waals surface area contributed by atoms with Crippen LogP contribution in [0.2, 0.25) is 0 Å². The fourth-order valence-corrected chi connectivity index (χ4v) is 3.60. The summed E-state index contributed by atoms with van der Waals surface area (Å²) in [6, 6.07) is -0.309. The number of amides is 1. The first kappa shape index (κ1) is 15.3. The Morgan fingerprint density at radius 1 is 1.20 bits per heavy atom. The molecule has 1 amide bonds. The van der Waals surface area contributed by atoms with E-state index in [2.05, 4.69) is 0 Å². The number of hydrogen-bond donors (Lipinski definition) is 0. The second-order valence-electron chi connectivity index (χ2n) is 7.39. The van der Waals surface area contributed by atoms with Gasteiger partial charge in [0.25, 0.3) is 0 Å². The molecule has 1 heterocycles. The van der Waals surface area contributed by atoms with E-state index in [-0.39, 0.29) is 12.1 Å². The van der Waals surface area contributed by atoms with Gasteiger partial charge in [-0.15, -0.1) is 0 Å². The van der Waals surface area contributed by atoms with Crippen molar-refractivity contribution in [1.82, 2.24) is 4.90 Å². The summed E-state index contributed by atoms with van der Waals surface area (Å²) in [6.07, 6.45) is 8.66. The maximum atomic E-state index is 12.2. The van der Waals surface area contributed by atoms with Gasteiger partial charge in [-0.2, -0.15) is 0 Å². The van der Waals surface area contributed by atoms with Crippen LogP contribution in [0.4, 0.5) is 4.79 Å². The van der Waals surface area contributed by atoms with Crippen LogP contribution in [0.1, 0.15) is 65.7 Å². The van der Waals surface area contributed by atoms with Crippen molar-refractivity contribution in [3.63, 3.8) is 0 Å². The highest BCUT2D eigenvalue weighted by Gasteiger charge is 2.42. The average Bonchev–Trinajstić information content (AvgIpc) is 2.37. The van der Waals surface area contributed by atoms with Crippen molar-refractivity contribution in [1.29, 1.82) is 0 Å². The minimum Gasteiger partial charge on any atom is -0.444 e. The van der Waals surface area contributed by atoms with E-state index < -0.39 is 5.60 Å². The smallest absolute Gasteiger partial charge is 0.410 e. The van der Waals surface area contributed by atoms with Gasteiger partial charge in [0.05, 0.1) is 6.04 Å². The van der Waals surface area contributed by atoms with E-state index >= 15 is 0 Å². The number of carbonyl (C=O) groups is 2. The fourth-order valence-electron chi connectivity index (χ4n) is 3.60. The lowest BCUT2D eigenvalue weighted by Crippen LogP contribution is -2.52. The molecule has 1 atom stereocenters. The second kappa shape index (κ2) is 5.74. The van der Waals surface area contributed by atoms with Crippen LogP contribution in [0.25, 0.3) is 0 Å². The van der Waals surface area contributed by atoms with Crippen LogP contribution in [0.15, 0.2) is 0 Å². The van der Waals surface area contributed by atoms with Crippen LogP contribution >= 0.6 is 0 Å². The number of nitrogens with zero attached hydrogens (tertiary/aromatic N) is 1. The first-order valence-electron chi connectivity index (χ1n) is 7.80. The SMILES string of the molecule is CC(C)(C)OC(=O)N1CCC2(CCCCC2)CC1C=O. The van der Waals surface area contributed by atoms with E-state index in [4.69, 9.17) is 4.74 Å². The number of rotatable bonds is 1. The van der Waals surface area contributed by atoms with Gasteiger partial charge in [-0.3, -0.25) is 4.90 Å². The molecule has 0 aromatic rings. The Hall–Kier alpha value is -1.06. The Balaban J connectivity index is 2.03. The zero-order valence-electron chi connectivity index (χ0n) is 13.0. The first-order valence-corrected chi connectivity index (χ1v) is 7.80. The standard InChI is InChI=1S/C16H27NO3/c1-15(2,3)20-14(19)17-10-9-16(11-13(17)12-18)7-5-4-6-8-16/h12-13H,4-11H2,1-3H3. The van der Waals surface area contributed by atoms with Gasteiger partial charge in [0, 0.05) is 6.54 Å². The molecule has 0 radical (unpaired) electrons. The summed E-state index contributed by atoms with van der Waals surface area (Å²) in [7, 11) is 0. The highest BCUT2D eigenvalue weighted by molar-refractivity contribution is 5.74. The molecule has 0 aromatic carbocycles. The Morgan fingerprint density at radius 3 is 2.40 bits per heavy atom. The lowest BCUT2D eigenvalue weighted by atomic mass is 9.66. The van der Waals surface area contributed by atoms with Crippen LogP contribution < -0.4 is 0 Å². The van der Waals surface area contributed by atoms with Crippen molar-refractivity contribution in [2.75, 3.05) is 6.54 Å². The van der Waals surface area contributed by atoms with Gasteiger partial charge >= 0.3 is 6.09 Å². The normalized spacial score (nSPS) is 26.4. The number of carbonyl (C=O) groups excluding carboxylic acids is 2. The third-order valence-electron chi connectivity index (χ3n) is 4.62. The molecule has 2 aliphatic rings. The second-order valence-corrected chi connectivity index (χ2v) is 7.39. The van der Waals surface area contributed by atoms with Crippen LogP contribution in [-0.2, 0) is 9.53 Å². The summed E-state index contributed by atoms with van der Waals surface area (Å²) in [5, 5.41) is 0. The molecule has 20 heavy (non-hydrogen) atoms. The maximum absolute atomic E-state index is 12.2. The molecule has 0 aromatic heterocycles. The summed E-state index contributed by atoms with van der Waals surface area (Å²) in [5.41, 5.74) is -0.215. The van der Waals surface area contributed by atoms with E-state index in [1.165, 1.54) is 32.1 Å². The summed E-state index contributed by atoms with van der Waals surface area (Å²) < 4.78 is 5.41. The number of aldehydes is 1. The van der Waals surface area contributed by atoms with E-state index in [0.29, 0.717) is 12.0 Å². The highest BCUT2D eigenvalue weighted by atomic mass is 16.6. The molecule has 2 fully saturated rings. The van der Waals surface area contributed by atoms with Gasteiger partial charge in [-0.05, 0) is 51.9 Å². The van der Waals surface area contributed by atoms with Crippen molar-refractivity contribution in [2.24, 2.45) is 5.41 Å². The van der Waals surface area contributed by atoms with Crippen molar-refractivity contribution in [2.45, 2.75) is 77.4 Å². The first-order chi connectivity index (χ1) is 9.35. The van der Waals surface area contributed by atoms with Crippen molar-refractivity contribution in [3.05, 3.63) is 0 Å². The molecule has 0 N–H and O–H groups in total. The van der Waals surface area contributed by atoms with Crippen molar-refractivity contribution >= 4 is 12.4 Å². The summed E-state index contributed by atoms with van der Waals surface area (Å²) >= 11 is 0. The number of ether oxygens (including phenoxy) is 1. The van der Waals surface area contributed by atoms with Crippen LogP contribution in [0, 0.1) is 5.41 Å². The van der Waals surface area contributed by atoms with Gasteiger partial charge in [-0.25, -0.2) is 4.79 Å². The number of likely N-dealkylation sites (tertiary alicyclic amines) is 1. The Bertz CT molecular complexity index is 366. The Labute approximate surface area is 121 Å². The average molecular weight is 281 g/mol. The van der Waals surface area contributed by atoms with Gasteiger partial charge in [0.1, 0.15) is 11.9 Å². The minimum absolute atomic E-state index is 0.294. The fraction of sp³-hybridized carbons (Fsp3) is 0.875.